The highest BCUT2D eigenvalue weighted by Crippen LogP contribution is 2.26. The fourth-order valence-corrected chi connectivity index (χ4v) is 1.88. The van der Waals surface area contributed by atoms with Gasteiger partial charge >= 0.3 is 0 Å². The lowest BCUT2D eigenvalue weighted by atomic mass is 10.0. The zero-order chi connectivity index (χ0) is 8.39. The maximum Gasteiger partial charge on any atom is 0.175 e. The van der Waals surface area contributed by atoms with Gasteiger partial charge in [-0.2, -0.15) is 4.80 Å². The highest BCUT2D eigenvalue weighted by atomic mass is 15.6. The molecule has 1 aromatic heterocycles. The van der Waals surface area contributed by atoms with E-state index in [2.05, 4.69) is 15.4 Å². The third-order valence-corrected chi connectivity index (χ3v) is 2.50. The minimum absolute atomic E-state index is 0.814. The Kier molecular flexibility index (Phi) is 2.06. The van der Waals surface area contributed by atoms with Crippen molar-refractivity contribution in [2.24, 2.45) is 13.0 Å². The first-order chi connectivity index (χ1) is 5.84. The van der Waals surface area contributed by atoms with Crippen LogP contribution in [0, 0.1) is 5.92 Å². The molecule has 0 unspecified atom stereocenters. The van der Waals surface area contributed by atoms with E-state index in [0.717, 1.165) is 18.2 Å². The second-order valence-electron chi connectivity index (χ2n) is 3.55. The monoisotopic (exact) mass is 166 g/mol. The van der Waals surface area contributed by atoms with Gasteiger partial charge in [0, 0.05) is 6.42 Å². The van der Waals surface area contributed by atoms with Crippen LogP contribution in [0.5, 0.6) is 0 Å². The standard InChI is InChI=1S/C8H14N4/c1-12-10-8(9-11-12)6-7-4-2-3-5-7/h7H,2-6H2,1H3. The topological polar surface area (TPSA) is 43.6 Å². The molecule has 4 heteroatoms. The Labute approximate surface area is 72.0 Å². The number of rotatable bonds is 2. The molecule has 0 spiro atoms. The molecule has 0 atom stereocenters. The predicted octanol–water partition coefficient (Wildman–Crippen LogP) is 0.943. The van der Waals surface area contributed by atoms with Gasteiger partial charge in [0.05, 0.1) is 7.05 Å². The molecule has 0 radical (unpaired) electrons. The predicted molar refractivity (Wildman–Crippen MR) is 44.5 cm³/mol. The molecule has 1 fully saturated rings. The smallest absolute Gasteiger partial charge is 0.167 e. The summed E-state index contributed by atoms with van der Waals surface area (Å²) in [5.74, 6) is 1.72. The average Bonchev–Trinajstić information content (AvgIpc) is 2.63. The Morgan fingerprint density at radius 3 is 2.75 bits per heavy atom. The highest BCUT2D eigenvalue weighted by molar-refractivity contribution is 4.83. The summed E-state index contributed by atoms with van der Waals surface area (Å²) in [4.78, 5) is 1.53. The third kappa shape index (κ3) is 1.62. The Hall–Kier alpha value is -0.930. The molecule has 1 aliphatic rings. The second kappa shape index (κ2) is 3.21. The number of hydrogen-bond donors (Lipinski definition) is 0. The zero-order valence-corrected chi connectivity index (χ0v) is 7.40. The molecule has 66 valence electrons. The molecule has 1 heterocycles. The van der Waals surface area contributed by atoms with Crippen LogP contribution in [0.1, 0.15) is 31.5 Å². The van der Waals surface area contributed by atoms with Gasteiger partial charge in [-0.3, -0.25) is 0 Å². The van der Waals surface area contributed by atoms with Gasteiger partial charge in [-0.25, -0.2) is 0 Å². The maximum absolute atomic E-state index is 4.17. The summed E-state index contributed by atoms with van der Waals surface area (Å²) >= 11 is 0. The van der Waals surface area contributed by atoms with Gasteiger partial charge in [0.2, 0.25) is 0 Å². The first-order valence-electron chi connectivity index (χ1n) is 4.57. The number of aryl methyl sites for hydroxylation is 1. The van der Waals surface area contributed by atoms with E-state index in [1.165, 1.54) is 30.5 Å². The second-order valence-corrected chi connectivity index (χ2v) is 3.55. The van der Waals surface area contributed by atoms with E-state index < -0.39 is 0 Å². The van der Waals surface area contributed by atoms with Crippen LogP contribution in [0.2, 0.25) is 0 Å². The summed E-state index contributed by atoms with van der Waals surface area (Å²) < 4.78 is 0. The zero-order valence-electron chi connectivity index (χ0n) is 7.40. The fourth-order valence-electron chi connectivity index (χ4n) is 1.88. The van der Waals surface area contributed by atoms with Crippen molar-refractivity contribution >= 4 is 0 Å². The summed E-state index contributed by atoms with van der Waals surface area (Å²) in [5.41, 5.74) is 0. The van der Waals surface area contributed by atoms with E-state index in [1.807, 2.05) is 7.05 Å². The molecular weight excluding hydrogens is 152 g/mol. The van der Waals surface area contributed by atoms with E-state index in [1.54, 1.807) is 0 Å². The van der Waals surface area contributed by atoms with Crippen molar-refractivity contribution in [2.75, 3.05) is 0 Å². The summed E-state index contributed by atoms with van der Waals surface area (Å²) in [5, 5.41) is 12.0. The van der Waals surface area contributed by atoms with E-state index in [-0.39, 0.29) is 0 Å². The molecule has 1 aliphatic carbocycles. The first kappa shape index (κ1) is 7.71. The molecule has 0 bridgehead atoms. The fraction of sp³-hybridized carbons (Fsp3) is 0.875. The van der Waals surface area contributed by atoms with Gasteiger partial charge in [0.15, 0.2) is 5.82 Å². The summed E-state index contributed by atoms with van der Waals surface area (Å²) in [6, 6.07) is 0. The van der Waals surface area contributed by atoms with Crippen molar-refractivity contribution < 1.29 is 0 Å². The maximum atomic E-state index is 4.17. The SMILES string of the molecule is Cn1nnc(CC2CCCC2)n1. The number of tetrazole rings is 1. The molecule has 0 aliphatic heterocycles. The van der Waals surface area contributed by atoms with Gasteiger partial charge in [-0.15, -0.1) is 10.2 Å². The quantitative estimate of drug-likeness (QED) is 0.656. The van der Waals surface area contributed by atoms with Crippen LogP contribution in [0.15, 0.2) is 0 Å². The lowest BCUT2D eigenvalue weighted by molar-refractivity contribution is 0.528. The molecule has 4 nitrogen and oxygen atoms in total. The average molecular weight is 166 g/mol. The van der Waals surface area contributed by atoms with Crippen molar-refractivity contribution in [3.63, 3.8) is 0 Å². The molecule has 1 aromatic rings. The molecule has 0 amide bonds. The van der Waals surface area contributed by atoms with Gasteiger partial charge in [-0.1, -0.05) is 25.7 Å². The van der Waals surface area contributed by atoms with E-state index in [4.69, 9.17) is 0 Å². The van der Waals surface area contributed by atoms with Crippen LogP contribution >= 0.6 is 0 Å². The minimum Gasteiger partial charge on any atom is -0.167 e. The molecule has 0 saturated heterocycles. The van der Waals surface area contributed by atoms with Crippen LogP contribution in [0.25, 0.3) is 0 Å². The number of nitrogens with zero attached hydrogens (tertiary/aromatic N) is 4. The van der Waals surface area contributed by atoms with Gasteiger partial charge in [0.1, 0.15) is 0 Å². The highest BCUT2D eigenvalue weighted by Gasteiger charge is 2.17. The largest absolute Gasteiger partial charge is 0.175 e. The Balaban J connectivity index is 1.94. The van der Waals surface area contributed by atoms with Crippen LogP contribution < -0.4 is 0 Å². The number of hydrogen-bond acceptors (Lipinski definition) is 3. The molecule has 12 heavy (non-hydrogen) atoms. The Morgan fingerprint density at radius 1 is 1.42 bits per heavy atom. The van der Waals surface area contributed by atoms with Gasteiger partial charge in [0.25, 0.3) is 0 Å². The van der Waals surface area contributed by atoms with Crippen LogP contribution in [-0.2, 0) is 13.5 Å². The number of aromatic nitrogens is 4. The molecule has 1 saturated carbocycles. The molecule has 0 aromatic carbocycles. The van der Waals surface area contributed by atoms with E-state index >= 15 is 0 Å². The molecule has 2 rings (SSSR count). The van der Waals surface area contributed by atoms with Gasteiger partial charge in [-0.05, 0) is 11.1 Å². The van der Waals surface area contributed by atoms with Crippen molar-refractivity contribution in [1.29, 1.82) is 0 Å². The molecular formula is C8H14N4. The normalized spacial score (nSPS) is 18.8. The van der Waals surface area contributed by atoms with Crippen molar-refractivity contribution in [3.8, 4) is 0 Å². The summed E-state index contributed by atoms with van der Waals surface area (Å²) in [6.07, 6.45) is 6.47. The first-order valence-corrected chi connectivity index (χ1v) is 4.57. The lowest BCUT2D eigenvalue weighted by Gasteiger charge is -2.02. The van der Waals surface area contributed by atoms with E-state index in [0.29, 0.717) is 0 Å². The third-order valence-electron chi connectivity index (χ3n) is 2.50. The van der Waals surface area contributed by atoms with Crippen molar-refractivity contribution in [1.82, 2.24) is 20.2 Å². The Bertz CT molecular complexity index is 249. The Morgan fingerprint density at radius 2 is 2.17 bits per heavy atom. The lowest BCUT2D eigenvalue weighted by Crippen LogP contribution is -2.01. The summed E-state index contributed by atoms with van der Waals surface area (Å²) in [6.45, 7) is 0. The van der Waals surface area contributed by atoms with Gasteiger partial charge < -0.3 is 0 Å². The molecule has 0 N–H and O–H groups in total. The van der Waals surface area contributed by atoms with Crippen LogP contribution in [-0.4, -0.2) is 20.2 Å². The summed E-state index contributed by atoms with van der Waals surface area (Å²) in [7, 11) is 1.81. The van der Waals surface area contributed by atoms with Crippen molar-refractivity contribution in [3.05, 3.63) is 5.82 Å². The minimum atomic E-state index is 0.814. The van der Waals surface area contributed by atoms with Crippen LogP contribution in [0.3, 0.4) is 0 Å². The van der Waals surface area contributed by atoms with E-state index in [9.17, 15) is 0 Å². The van der Waals surface area contributed by atoms with Crippen LogP contribution in [0.4, 0.5) is 0 Å². The van der Waals surface area contributed by atoms with Crippen molar-refractivity contribution in [2.45, 2.75) is 32.1 Å².